The van der Waals surface area contributed by atoms with E-state index >= 15 is 0 Å². The standard InChI is InChI=1S/C12H28N2/c1-6-8-9-12(7-2)14(5)11-10-13(3)4/h12H,6-11H2,1-5H3. The zero-order chi connectivity index (χ0) is 11.0. The summed E-state index contributed by atoms with van der Waals surface area (Å²) in [5, 5.41) is 0. The van der Waals surface area contributed by atoms with Crippen molar-refractivity contribution in [1.82, 2.24) is 9.80 Å². The van der Waals surface area contributed by atoms with Crippen molar-refractivity contribution in [1.29, 1.82) is 0 Å². The minimum atomic E-state index is 0.787. The van der Waals surface area contributed by atoms with Crippen molar-refractivity contribution in [3.8, 4) is 0 Å². The lowest BCUT2D eigenvalue weighted by Gasteiger charge is -2.28. The largest absolute Gasteiger partial charge is 0.308 e. The molecule has 0 spiro atoms. The zero-order valence-electron chi connectivity index (χ0n) is 10.7. The fourth-order valence-electron chi connectivity index (χ4n) is 1.72. The van der Waals surface area contributed by atoms with Crippen molar-refractivity contribution in [2.45, 2.75) is 45.6 Å². The van der Waals surface area contributed by atoms with E-state index in [9.17, 15) is 0 Å². The van der Waals surface area contributed by atoms with Gasteiger partial charge >= 0.3 is 0 Å². The number of likely N-dealkylation sites (N-methyl/N-ethyl adjacent to an activating group) is 2. The molecule has 14 heavy (non-hydrogen) atoms. The Kier molecular flexibility index (Phi) is 8.20. The van der Waals surface area contributed by atoms with Crippen LogP contribution in [0.2, 0.25) is 0 Å². The minimum Gasteiger partial charge on any atom is -0.308 e. The highest BCUT2D eigenvalue weighted by Crippen LogP contribution is 2.10. The smallest absolute Gasteiger partial charge is 0.0109 e. The molecule has 0 aromatic heterocycles. The lowest BCUT2D eigenvalue weighted by Crippen LogP contribution is -2.36. The van der Waals surface area contributed by atoms with E-state index in [0.29, 0.717) is 0 Å². The molecular formula is C12H28N2. The van der Waals surface area contributed by atoms with Gasteiger partial charge in [-0.25, -0.2) is 0 Å². The van der Waals surface area contributed by atoms with Gasteiger partial charge in [0.1, 0.15) is 0 Å². The Labute approximate surface area is 90.3 Å². The Bertz CT molecular complexity index is 123. The normalized spacial score (nSPS) is 13.9. The van der Waals surface area contributed by atoms with Gasteiger partial charge in [0.15, 0.2) is 0 Å². The molecule has 0 radical (unpaired) electrons. The molecule has 0 aliphatic rings. The van der Waals surface area contributed by atoms with Crippen molar-refractivity contribution < 1.29 is 0 Å². The van der Waals surface area contributed by atoms with E-state index in [-0.39, 0.29) is 0 Å². The van der Waals surface area contributed by atoms with Gasteiger partial charge in [0.2, 0.25) is 0 Å². The maximum atomic E-state index is 2.51. The molecule has 1 atom stereocenters. The van der Waals surface area contributed by atoms with Crippen molar-refractivity contribution in [3.63, 3.8) is 0 Å². The average Bonchev–Trinajstić information content (AvgIpc) is 2.16. The predicted octanol–water partition coefficient (Wildman–Crippen LogP) is 2.45. The molecule has 1 unspecified atom stereocenters. The summed E-state index contributed by atoms with van der Waals surface area (Å²) in [6, 6.07) is 0.787. The fraction of sp³-hybridized carbons (Fsp3) is 1.00. The summed E-state index contributed by atoms with van der Waals surface area (Å²) >= 11 is 0. The number of nitrogens with zero attached hydrogens (tertiary/aromatic N) is 2. The first-order chi connectivity index (χ1) is 6.61. The van der Waals surface area contributed by atoms with E-state index in [1.165, 1.54) is 38.8 Å². The fourth-order valence-corrected chi connectivity index (χ4v) is 1.72. The van der Waals surface area contributed by atoms with Gasteiger partial charge in [0.25, 0.3) is 0 Å². The lowest BCUT2D eigenvalue weighted by molar-refractivity contribution is 0.200. The van der Waals surface area contributed by atoms with Crippen molar-refractivity contribution in [2.75, 3.05) is 34.2 Å². The SMILES string of the molecule is CCCCC(CC)N(C)CCN(C)C. The van der Waals surface area contributed by atoms with E-state index in [4.69, 9.17) is 0 Å². The molecule has 2 nitrogen and oxygen atoms in total. The van der Waals surface area contributed by atoms with Gasteiger partial charge in [-0.1, -0.05) is 26.7 Å². The van der Waals surface area contributed by atoms with Crippen LogP contribution in [0.15, 0.2) is 0 Å². The Morgan fingerprint density at radius 2 is 1.64 bits per heavy atom. The second-order valence-corrected chi connectivity index (χ2v) is 4.49. The van der Waals surface area contributed by atoms with E-state index in [2.05, 4.69) is 44.8 Å². The summed E-state index contributed by atoms with van der Waals surface area (Å²) in [5.41, 5.74) is 0. The molecule has 86 valence electrons. The first kappa shape index (κ1) is 13.9. The summed E-state index contributed by atoms with van der Waals surface area (Å²) in [6.45, 7) is 6.92. The van der Waals surface area contributed by atoms with E-state index < -0.39 is 0 Å². The summed E-state index contributed by atoms with van der Waals surface area (Å²) in [7, 11) is 6.54. The van der Waals surface area contributed by atoms with Crippen LogP contribution in [-0.2, 0) is 0 Å². The molecule has 0 saturated carbocycles. The molecule has 0 N–H and O–H groups in total. The third-order valence-electron chi connectivity index (χ3n) is 2.89. The minimum absolute atomic E-state index is 0.787. The quantitative estimate of drug-likeness (QED) is 0.594. The van der Waals surface area contributed by atoms with Crippen LogP contribution in [0.1, 0.15) is 39.5 Å². The molecule has 2 heteroatoms. The highest BCUT2D eigenvalue weighted by atomic mass is 15.2. The second kappa shape index (κ2) is 8.25. The maximum absolute atomic E-state index is 2.51. The Hall–Kier alpha value is -0.0800. The monoisotopic (exact) mass is 200 g/mol. The Balaban J connectivity index is 3.72. The Morgan fingerprint density at radius 3 is 2.07 bits per heavy atom. The van der Waals surface area contributed by atoms with Crippen LogP contribution in [0, 0.1) is 0 Å². The summed E-state index contributed by atoms with van der Waals surface area (Å²) in [4.78, 5) is 4.76. The van der Waals surface area contributed by atoms with E-state index in [1.54, 1.807) is 0 Å². The van der Waals surface area contributed by atoms with Crippen molar-refractivity contribution >= 4 is 0 Å². The highest BCUT2D eigenvalue weighted by molar-refractivity contribution is 4.67. The third-order valence-corrected chi connectivity index (χ3v) is 2.89. The molecule has 0 aromatic rings. The van der Waals surface area contributed by atoms with Gasteiger partial charge in [-0.2, -0.15) is 0 Å². The van der Waals surface area contributed by atoms with Gasteiger partial charge in [-0.3, -0.25) is 0 Å². The number of hydrogen-bond acceptors (Lipinski definition) is 2. The van der Waals surface area contributed by atoms with E-state index in [0.717, 1.165) is 6.04 Å². The summed E-state index contributed by atoms with van der Waals surface area (Å²) in [6.07, 6.45) is 5.32. The molecule has 0 aliphatic heterocycles. The molecule has 0 bridgehead atoms. The van der Waals surface area contributed by atoms with E-state index in [1.807, 2.05) is 0 Å². The van der Waals surface area contributed by atoms with Crippen LogP contribution in [0.3, 0.4) is 0 Å². The van der Waals surface area contributed by atoms with Crippen LogP contribution in [0.4, 0.5) is 0 Å². The summed E-state index contributed by atoms with van der Waals surface area (Å²) < 4.78 is 0. The van der Waals surface area contributed by atoms with Crippen LogP contribution < -0.4 is 0 Å². The maximum Gasteiger partial charge on any atom is 0.0109 e. The van der Waals surface area contributed by atoms with Gasteiger partial charge < -0.3 is 9.80 Å². The van der Waals surface area contributed by atoms with Gasteiger partial charge in [-0.05, 0) is 34.0 Å². The molecular weight excluding hydrogens is 172 g/mol. The Morgan fingerprint density at radius 1 is 1.00 bits per heavy atom. The molecule has 0 aliphatic carbocycles. The van der Waals surface area contributed by atoms with Crippen molar-refractivity contribution in [2.24, 2.45) is 0 Å². The highest BCUT2D eigenvalue weighted by Gasteiger charge is 2.11. The molecule has 0 aromatic carbocycles. The lowest BCUT2D eigenvalue weighted by atomic mass is 10.1. The molecule has 0 saturated heterocycles. The molecule has 0 fully saturated rings. The van der Waals surface area contributed by atoms with Gasteiger partial charge in [0.05, 0.1) is 0 Å². The van der Waals surface area contributed by atoms with Crippen LogP contribution in [-0.4, -0.2) is 50.1 Å². The number of hydrogen-bond donors (Lipinski definition) is 0. The topological polar surface area (TPSA) is 6.48 Å². The number of rotatable bonds is 8. The van der Waals surface area contributed by atoms with Gasteiger partial charge in [0, 0.05) is 19.1 Å². The second-order valence-electron chi connectivity index (χ2n) is 4.49. The van der Waals surface area contributed by atoms with Gasteiger partial charge in [-0.15, -0.1) is 0 Å². The number of unbranched alkanes of at least 4 members (excludes halogenated alkanes) is 1. The average molecular weight is 200 g/mol. The molecule has 0 heterocycles. The van der Waals surface area contributed by atoms with Crippen LogP contribution in [0.5, 0.6) is 0 Å². The van der Waals surface area contributed by atoms with Crippen molar-refractivity contribution in [3.05, 3.63) is 0 Å². The van der Waals surface area contributed by atoms with Crippen LogP contribution >= 0.6 is 0 Å². The predicted molar refractivity (Wildman–Crippen MR) is 64.8 cm³/mol. The first-order valence-corrected chi connectivity index (χ1v) is 5.96. The van der Waals surface area contributed by atoms with Crippen LogP contribution in [0.25, 0.3) is 0 Å². The summed E-state index contributed by atoms with van der Waals surface area (Å²) in [5.74, 6) is 0. The molecule has 0 amide bonds. The zero-order valence-corrected chi connectivity index (χ0v) is 10.7. The third kappa shape index (κ3) is 6.39. The molecule has 0 rings (SSSR count). The first-order valence-electron chi connectivity index (χ1n) is 5.96.